The molecular weight excluding hydrogens is 443 g/mol. The van der Waals surface area contributed by atoms with E-state index in [-0.39, 0.29) is 24.0 Å². The van der Waals surface area contributed by atoms with Crippen LogP contribution in [0.15, 0.2) is 33.7 Å². The number of guanidine groups is 1. The Hall–Kier alpha value is -0.500. The van der Waals surface area contributed by atoms with Gasteiger partial charge in [-0.3, -0.25) is 4.99 Å². The third kappa shape index (κ3) is 4.48. The van der Waals surface area contributed by atoms with Gasteiger partial charge in [-0.1, -0.05) is 12.1 Å². The molecule has 2 aliphatic rings. The SMILES string of the molecule is CN=C(NC1CC1)NC1CCN(c2ccccc2Br)C1.I. The van der Waals surface area contributed by atoms with E-state index >= 15 is 0 Å². The minimum absolute atomic E-state index is 0. The molecule has 1 unspecified atom stereocenters. The third-order valence-electron chi connectivity index (χ3n) is 3.86. The van der Waals surface area contributed by atoms with Crippen molar-refractivity contribution in [1.82, 2.24) is 10.6 Å². The molecule has 116 valence electrons. The van der Waals surface area contributed by atoms with Crippen LogP contribution in [-0.2, 0) is 0 Å². The maximum Gasteiger partial charge on any atom is 0.191 e. The first-order chi connectivity index (χ1) is 9.76. The minimum atomic E-state index is 0. The normalized spacial score (nSPS) is 21.9. The lowest BCUT2D eigenvalue weighted by Gasteiger charge is -2.21. The van der Waals surface area contributed by atoms with E-state index in [0.717, 1.165) is 25.5 Å². The van der Waals surface area contributed by atoms with Crippen LogP contribution in [0.4, 0.5) is 5.69 Å². The predicted molar refractivity (Wildman–Crippen MR) is 103 cm³/mol. The number of aliphatic imine (C=N–C) groups is 1. The van der Waals surface area contributed by atoms with Gasteiger partial charge in [-0.05, 0) is 47.3 Å². The van der Waals surface area contributed by atoms with Gasteiger partial charge in [0, 0.05) is 36.7 Å². The summed E-state index contributed by atoms with van der Waals surface area (Å²) in [5, 5.41) is 6.98. The molecule has 21 heavy (non-hydrogen) atoms. The summed E-state index contributed by atoms with van der Waals surface area (Å²) in [6, 6.07) is 9.52. The van der Waals surface area contributed by atoms with Crippen LogP contribution in [0, 0.1) is 0 Å². The highest BCUT2D eigenvalue weighted by Gasteiger charge is 2.27. The van der Waals surface area contributed by atoms with Crippen LogP contribution >= 0.6 is 39.9 Å². The molecule has 0 aromatic heterocycles. The first kappa shape index (κ1) is 16.9. The van der Waals surface area contributed by atoms with Gasteiger partial charge in [0.05, 0.1) is 5.69 Å². The fourth-order valence-electron chi connectivity index (χ4n) is 2.59. The number of benzene rings is 1. The number of halogens is 2. The number of anilines is 1. The van der Waals surface area contributed by atoms with E-state index in [1.54, 1.807) is 0 Å². The number of nitrogens with one attached hydrogen (secondary N) is 2. The van der Waals surface area contributed by atoms with E-state index in [2.05, 4.69) is 60.7 Å². The van der Waals surface area contributed by atoms with Crippen molar-refractivity contribution < 1.29 is 0 Å². The molecule has 2 fully saturated rings. The van der Waals surface area contributed by atoms with E-state index < -0.39 is 0 Å². The molecule has 1 saturated carbocycles. The zero-order valence-electron chi connectivity index (χ0n) is 12.2. The monoisotopic (exact) mass is 464 g/mol. The molecule has 0 bridgehead atoms. The summed E-state index contributed by atoms with van der Waals surface area (Å²) in [4.78, 5) is 6.74. The number of hydrogen-bond donors (Lipinski definition) is 2. The molecule has 0 spiro atoms. The summed E-state index contributed by atoms with van der Waals surface area (Å²) in [5.41, 5.74) is 1.28. The van der Waals surface area contributed by atoms with Crippen LogP contribution < -0.4 is 15.5 Å². The van der Waals surface area contributed by atoms with Crippen molar-refractivity contribution in [1.29, 1.82) is 0 Å². The van der Waals surface area contributed by atoms with Crippen molar-refractivity contribution in [3.8, 4) is 0 Å². The van der Waals surface area contributed by atoms with E-state index in [9.17, 15) is 0 Å². The number of rotatable bonds is 3. The molecule has 0 amide bonds. The largest absolute Gasteiger partial charge is 0.368 e. The van der Waals surface area contributed by atoms with Crippen LogP contribution in [0.2, 0.25) is 0 Å². The first-order valence-corrected chi connectivity index (χ1v) is 8.05. The second-order valence-electron chi connectivity index (χ2n) is 5.52. The molecule has 1 aromatic carbocycles. The Morgan fingerprint density at radius 1 is 1.19 bits per heavy atom. The molecule has 3 rings (SSSR count). The van der Waals surface area contributed by atoms with Gasteiger partial charge >= 0.3 is 0 Å². The molecule has 1 atom stereocenters. The zero-order valence-corrected chi connectivity index (χ0v) is 16.1. The van der Waals surface area contributed by atoms with Gasteiger partial charge in [-0.15, -0.1) is 24.0 Å². The smallest absolute Gasteiger partial charge is 0.191 e. The van der Waals surface area contributed by atoms with Gasteiger partial charge < -0.3 is 15.5 Å². The van der Waals surface area contributed by atoms with E-state index in [1.165, 1.54) is 23.0 Å². The molecule has 2 N–H and O–H groups in total. The van der Waals surface area contributed by atoms with Crippen molar-refractivity contribution >= 4 is 51.6 Å². The lowest BCUT2D eigenvalue weighted by atomic mass is 10.3. The Morgan fingerprint density at radius 3 is 2.57 bits per heavy atom. The third-order valence-corrected chi connectivity index (χ3v) is 4.53. The predicted octanol–water partition coefficient (Wildman–Crippen LogP) is 2.97. The maximum atomic E-state index is 4.31. The van der Waals surface area contributed by atoms with Crippen molar-refractivity contribution in [2.24, 2.45) is 4.99 Å². The molecule has 1 aromatic rings. The summed E-state index contributed by atoms with van der Waals surface area (Å²) in [6.07, 6.45) is 3.69. The van der Waals surface area contributed by atoms with Crippen molar-refractivity contribution in [2.75, 3.05) is 25.0 Å². The minimum Gasteiger partial charge on any atom is -0.368 e. The summed E-state index contributed by atoms with van der Waals surface area (Å²) in [7, 11) is 1.85. The Labute approximate surface area is 151 Å². The topological polar surface area (TPSA) is 39.7 Å². The Kier molecular flexibility index (Phi) is 6.16. The quantitative estimate of drug-likeness (QED) is 0.410. The maximum absolute atomic E-state index is 4.31. The molecule has 1 saturated heterocycles. The zero-order chi connectivity index (χ0) is 13.9. The van der Waals surface area contributed by atoms with Gasteiger partial charge in [0.2, 0.25) is 0 Å². The van der Waals surface area contributed by atoms with E-state index in [4.69, 9.17) is 0 Å². The number of hydrogen-bond acceptors (Lipinski definition) is 2. The molecule has 1 aliphatic carbocycles. The lowest BCUT2D eigenvalue weighted by molar-refractivity contribution is 0.648. The van der Waals surface area contributed by atoms with Crippen LogP contribution in [0.1, 0.15) is 19.3 Å². The number of nitrogens with zero attached hydrogens (tertiary/aromatic N) is 2. The van der Waals surface area contributed by atoms with E-state index in [0.29, 0.717) is 12.1 Å². The molecule has 0 radical (unpaired) electrons. The van der Waals surface area contributed by atoms with Gasteiger partial charge in [-0.25, -0.2) is 0 Å². The Bertz CT molecular complexity index is 504. The van der Waals surface area contributed by atoms with Gasteiger partial charge in [-0.2, -0.15) is 0 Å². The second kappa shape index (κ2) is 7.67. The summed E-state index contributed by atoms with van der Waals surface area (Å²) >= 11 is 3.63. The second-order valence-corrected chi connectivity index (χ2v) is 6.37. The van der Waals surface area contributed by atoms with Gasteiger partial charge in [0.1, 0.15) is 0 Å². The molecule has 1 aliphatic heterocycles. The fraction of sp³-hybridized carbons (Fsp3) is 0.533. The molecule has 1 heterocycles. The summed E-state index contributed by atoms with van der Waals surface area (Å²) in [6.45, 7) is 2.11. The Balaban J connectivity index is 0.00000161. The highest BCUT2D eigenvalue weighted by atomic mass is 127. The van der Waals surface area contributed by atoms with Gasteiger partial charge in [0.25, 0.3) is 0 Å². The summed E-state index contributed by atoms with van der Waals surface area (Å²) in [5.74, 6) is 0.950. The fourth-order valence-corrected chi connectivity index (χ4v) is 3.13. The van der Waals surface area contributed by atoms with Crippen LogP contribution in [0.3, 0.4) is 0 Å². The van der Waals surface area contributed by atoms with Crippen molar-refractivity contribution in [3.05, 3.63) is 28.7 Å². The molecular formula is C15H22BrIN4. The molecule has 4 nitrogen and oxygen atoms in total. The van der Waals surface area contributed by atoms with Crippen LogP contribution in [0.25, 0.3) is 0 Å². The van der Waals surface area contributed by atoms with Crippen LogP contribution in [0.5, 0.6) is 0 Å². The number of para-hydroxylation sites is 1. The molecule has 6 heteroatoms. The van der Waals surface area contributed by atoms with Gasteiger partial charge in [0.15, 0.2) is 5.96 Å². The van der Waals surface area contributed by atoms with Crippen LogP contribution in [-0.4, -0.2) is 38.2 Å². The standard InChI is InChI=1S/C15H21BrN4.HI/c1-17-15(18-11-6-7-11)19-12-8-9-20(10-12)14-5-3-2-4-13(14)16;/h2-5,11-12H,6-10H2,1H3,(H2,17,18,19);1H. The first-order valence-electron chi connectivity index (χ1n) is 7.25. The highest BCUT2D eigenvalue weighted by Crippen LogP contribution is 2.28. The summed E-state index contributed by atoms with van der Waals surface area (Å²) < 4.78 is 1.17. The van der Waals surface area contributed by atoms with E-state index in [1.807, 2.05) is 7.05 Å². The average Bonchev–Trinajstić information content (AvgIpc) is 3.15. The lowest BCUT2D eigenvalue weighted by Crippen LogP contribution is -2.45. The average molecular weight is 465 g/mol. The Morgan fingerprint density at radius 2 is 1.90 bits per heavy atom. The highest BCUT2D eigenvalue weighted by molar-refractivity contribution is 14.0. The van der Waals surface area contributed by atoms with Crippen molar-refractivity contribution in [3.63, 3.8) is 0 Å². The van der Waals surface area contributed by atoms with Crippen molar-refractivity contribution in [2.45, 2.75) is 31.3 Å².